The molecule has 0 aliphatic heterocycles. The van der Waals surface area contributed by atoms with Gasteiger partial charge >= 0.3 is 0 Å². The highest BCUT2D eigenvalue weighted by Gasteiger charge is 2.29. The Kier molecular flexibility index (Phi) is 4.35. The lowest BCUT2D eigenvalue weighted by Crippen LogP contribution is -2.08. The van der Waals surface area contributed by atoms with E-state index in [4.69, 9.17) is 17.3 Å². The summed E-state index contributed by atoms with van der Waals surface area (Å²) in [5.41, 5.74) is 6.82. The number of rotatable bonds is 5. The number of aromatic nitrogens is 3. The second kappa shape index (κ2) is 6.05. The average molecular weight is 374 g/mol. The molecule has 0 bridgehead atoms. The number of hydrogen-bond acceptors (Lipinski definition) is 4. The fraction of sp³-hybridized carbons (Fsp3) is 0.385. The van der Waals surface area contributed by atoms with Gasteiger partial charge in [-0.05, 0) is 30.5 Å². The molecule has 2 aromatic rings. The number of thioether (sulfide) groups is 1. The summed E-state index contributed by atoms with van der Waals surface area (Å²) < 4.78 is 3.17. The summed E-state index contributed by atoms with van der Waals surface area (Å²) in [5.74, 6) is 1.65. The molecule has 1 aromatic carbocycles. The van der Waals surface area contributed by atoms with E-state index in [2.05, 4.69) is 30.7 Å². The summed E-state index contributed by atoms with van der Waals surface area (Å²) in [6, 6.07) is 6.47. The lowest BCUT2D eigenvalue weighted by Gasteiger charge is -2.08. The van der Waals surface area contributed by atoms with Crippen LogP contribution in [0.5, 0.6) is 0 Å². The van der Waals surface area contributed by atoms with Crippen molar-refractivity contribution in [3.8, 4) is 0 Å². The van der Waals surface area contributed by atoms with Crippen LogP contribution in [-0.2, 0) is 12.3 Å². The minimum absolute atomic E-state index is 0.434. The number of nitrogens with two attached hydrogens (primary N) is 1. The second-order valence-corrected chi connectivity index (χ2v) is 6.99. The van der Waals surface area contributed by atoms with Gasteiger partial charge in [-0.1, -0.05) is 45.4 Å². The minimum Gasteiger partial charge on any atom is -0.324 e. The number of benzene rings is 1. The molecule has 1 fully saturated rings. The first kappa shape index (κ1) is 14.4. The highest BCUT2D eigenvalue weighted by Crippen LogP contribution is 2.39. The number of nitrogens with zero attached hydrogens (tertiary/aromatic N) is 3. The van der Waals surface area contributed by atoms with Crippen LogP contribution in [0.2, 0.25) is 5.02 Å². The molecule has 0 spiro atoms. The molecule has 0 unspecified atom stereocenters. The molecule has 1 saturated carbocycles. The summed E-state index contributed by atoms with van der Waals surface area (Å²) in [7, 11) is 0. The van der Waals surface area contributed by atoms with E-state index < -0.39 is 0 Å². The Bertz CT molecular complexity index is 627. The molecule has 106 valence electrons. The van der Waals surface area contributed by atoms with Crippen molar-refractivity contribution >= 4 is 39.3 Å². The zero-order valence-corrected chi connectivity index (χ0v) is 13.9. The molecule has 0 radical (unpaired) electrons. The van der Waals surface area contributed by atoms with Crippen LogP contribution in [0.4, 0.5) is 0 Å². The fourth-order valence-electron chi connectivity index (χ4n) is 2.03. The van der Waals surface area contributed by atoms with Crippen molar-refractivity contribution in [3.05, 3.63) is 39.1 Å². The van der Waals surface area contributed by atoms with Crippen LogP contribution in [0.3, 0.4) is 0 Å². The Morgan fingerprint density at radius 2 is 2.20 bits per heavy atom. The summed E-state index contributed by atoms with van der Waals surface area (Å²) in [4.78, 5) is 0. The van der Waals surface area contributed by atoms with Gasteiger partial charge in [0.2, 0.25) is 0 Å². The van der Waals surface area contributed by atoms with Crippen LogP contribution in [0, 0.1) is 0 Å². The number of hydrogen-bond donors (Lipinski definition) is 1. The highest BCUT2D eigenvalue weighted by molar-refractivity contribution is 9.10. The summed E-state index contributed by atoms with van der Waals surface area (Å²) in [6.45, 7) is 0.434. The van der Waals surface area contributed by atoms with Gasteiger partial charge in [0.05, 0.1) is 6.54 Å². The quantitative estimate of drug-likeness (QED) is 0.810. The molecule has 0 atom stereocenters. The molecule has 20 heavy (non-hydrogen) atoms. The van der Waals surface area contributed by atoms with Crippen LogP contribution in [0.1, 0.15) is 30.3 Å². The Morgan fingerprint density at radius 3 is 2.85 bits per heavy atom. The first-order valence-corrected chi connectivity index (χ1v) is 8.55. The van der Waals surface area contributed by atoms with E-state index in [0.717, 1.165) is 31.8 Å². The van der Waals surface area contributed by atoms with Crippen LogP contribution in [-0.4, -0.2) is 14.8 Å². The third kappa shape index (κ3) is 3.03. The van der Waals surface area contributed by atoms with Crippen molar-refractivity contribution in [2.45, 2.75) is 36.3 Å². The van der Waals surface area contributed by atoms with Gasteiger partial charge in [0.15, 0.2) is 5.16 Å². The van der Waals surface area contributed by atoms with Crippen LogP contribution in [0.15, 0.2) is 27.8 Å². The Labute approximate surface area is 135 Å². The maximum absolute atomic E-state index is 6.24. The third-order valence-electron chi connectivity index (χ3n) is 3.20. The predicted octanol–water partition coefficient (Wildman–Crippen LogP) is 3.78. The molecule has 0 amide bonds. The maximum atomic E-state index is 6.24. The van der Waals surface area contributed by atoms with Gasteiger partial charge in [-0.25, -0.2) is 0 Å². The van der Waals surface area contributed by atoms with Gasteiger partial charge in [-0.15, -0.1) is 10.2 Å². The molecule has 1 aliphatic carbocycles. The van der Waals surface area contributed by atoms with E-state index in [1.54, 1.807) is 11.8 Å². The molecule has 1 heterocycles. The van der Waals surface area contributed by atoms with Gasteiger partial charge in [0, 0.05) is 21.3 Å². The summed E-state index contributed by atoms with van der Waals surface area (Å²) >= 11 is 11.3. The Hall–Kier alpha value is -0.560. The first-order valence-electron chi connectivity index (χ1n) is 6.39. The van der Waals surface area contributed by atoms with Crippen molar-refractivity contribution in [2.24, 2.45) is 5.73 Å². The van der Waals surface area contributed by atoms with Crippen molar-refractivity contribution in [1.82, 2.24) is 14.8 Å². The van der Waals surface area contributed by atoms with Gasteiger partial charge in [-0.3, -0.25) is 0 Å². The topological polar surface area (TPSA) is 56.7 Å². The maximum Gasteiger partial charge on any atom is 0.191 e. The monoisotopic (exact) mass is 372 g/mol. The largest absolute Gasteiger partial charge is 0.324 e. The molecule has 4 nitrogen and oxygen atoms in total. The molecular weight excluding hydrogens is 360 g/mol. The van der Waals surface area contributed by atoms with E-state index in [1.807, 2.05) is 18.2 Å². The molecule has 1 aromatic heterocycles. The van der Waals surface area contributed by atoms with Crippen LogP contribution in [0.25, 0.3) is 0 Å². The second-order valence-electron chi connectivity index (χ2n) is 4.73. The lowest BCUT2D eigenvalue weighted by atomic mass is 10.2. The van der Waals surface area contributed by atoms with E-state index in [0.29, 0.717) is 12.6 Å². The van der Waals surface area contributed by atoms with Crippen molar-refractivity contribution in [2.75, 3.05) is 0 Å². The van der Waals surface area contributed by atoms with E-state index in [-0.39, 0.29) is 0 Å². The molecule has 7 heteroatoms. The zero-order chi connectivity index (χ0) is 14.1. The smallest absolute Gasteiger partial charge is 0.191 e. The molecule has 3 rings (SSSR count). The van der Waals surface area contributed by atoms with Crippen molar-refractivity contribution in [1.29, 1.82) is 0 Å². The fourth-order valence-corrected chi connectivity index (χ4v) is 3.87. The van der Waals surface area contributed by atoms with Crippen LogP contribution >= 0.6 is 39.3 Å². The van der Waals surface area contributed by atoms with Gasteiger partial charge in [0.1, 0.15) is 5.82 Å². The van der Waals surface area contributed by atoms with Gasteiger partial charge in [0.25, 0.3) is 0 Å². The number of halogens is 2. The average Bonchev–Trinajstić information content (AvgIpc) is 3.18. The van der Waals surface area contributed by atoms with E-state index in [9.17, 15) is 0 Å². The zero-order valence-electron chi connectivity index (χ0n) is 10.7. The molecule has 2 N–H and O–H groups in total. The first-order chi connectivity index (χ1) is 9.69. The SMILES string of the molecule is NCc1nnc(SCc2ccc(Br)cc2Cl)n1C1CC1. The Balaban J connectivity index is 1.76. The predicted molar refractivity (Wildman–Crippen MR) is 84.9 cm³/mol. The lowest BCUT2D eigenvalue weighted by molar-refractivity contribution is 0.626. The summed E-state index contributed by atoms with van der Waals surface area (Å²) in [6.07, 6.45) is 2.38. The van der Waals surface area contributed by atoms with Crippen molar-refractivity contribution in [3.63, 3.8) is 0 Å². The highest BCUT2D eigenvalue weighted by atomic mass is 79.9. The minimum atomic E-state index is 0.434. The third-order valence-corrected chi connectivity index (χ3v) is 5.04. The Morgan fingerprint density at radius 1 is 1.40 bits per heavy atom. The molecular formula is C13H14BrClN4S. The van der Waals surface area contributed by atoms with E-state index in [1.165, 1.54) is 12.8 Å². The standard InChI is InChI=1S/C13H14BrClN4S/c14-9-2-1-8(11(15)5-9)7-20-13-18-17-12(6-16)19(13)10-3-4-10/h1-2,5,10H,3-4,6-7,16H2. The van der Waals surface area contributed by atoms with Crippen molar-refractivity contribution < 1.29 is 0 Å². The van der Waals surface area contributed by atoms with Crippen LogP contribution < -0.4 is 5.73 Å². The summed E-state index contributed by atoms with van der Waals surface area (Å²) in [5, 5.41) is 10.1. The molecule has 1 aliphatic rings. The van der Waals surface area contributed by atoms with E-state index >= 15 is 0 Å². The van der Waals surface area contributed by atoms with Gasteiger partial charge < -0.3 is 10.3 Å². The molecule has 0 saturated heterocycles. The van der Waals surface area contributed by atoms with Gasteiger partial charge in [-0.2, -0.15) is 0 Å². The normalized spacial score (nSPS) is 14.8.